The Morgan fingerprint density at radius 3 is 2.59 bits per heavy atom. The van der Waals surface area contributed by atoms with Gasteiger partial charge in [0.1, 0.15) is 12.0 Å². The van der Waals surface area contributed by atoms with E-state index in [1.807, 2.05) is 0 Å². The van der Waals surface area contributed by atoms with Crippen LogP contribution < -0.4 is 20.4 Å². The van der Waals surface area contributed by atoms with E-state index in [1.54, 1.807) is 0 Å². The van der Waals surface area contributed by atoms with Crippen molar-refractivity contribution in [3.05, 3.63) is 11.8 Å². The van der Waals surface area contributed by atoms with Gasteiger partial charge in [0.05, 0.1) is 0 Å². The molecule has 0 radical (unpaired) electrons. The second-order valence-corrected chi connectivity index (χ2v) is 8.17. The van der Waals surface area contributed by atoms with Crippen LogP contribution >= 0.6 is 0 Å². The van der Waals surface area contributed by atoms with Gasteiger partial charge < -0.3 is 20.4 Å². The third kappa shape index (κ3) is 4.69. The second-order valence-electron chi connectivity index (χ2n) is 8.17. The average Bonchev–Trinajstić information content (AvgIpc) is 3.38. The van der Waals surface area contributed by atoms with Crippen molar-refractivity contribution in [1.82, 2.24) is 20.6 Å². The fraction of sp³-hybridized carbons (Fsp3) is 0.800. The van der Waals surface area contributed by atoms with Crippen LogP contribution in [-0.2, 0) is 6.42 Å². The lowest BCUT2D eigenvalue weighted by Gasteiger charge is -2.34. The first-order valence-corrected chi connectivity index (χ1v) is 10.7. The molecule has 2 N–H and O–H groups in total. The standard InChI is InChI=1S/C20H33FN6/c1-2-16-12-19(25-20(24-16)27-7-3-4-8-27)26-9-5-17(6-10-26)23-14-18-11-15(21)13-22-18/h12,15,17-18,22-23H,2-11,13-14H2,1H3/t15-,18-/m0/s1. The summed E-state index contributed by atoms with van der Waals surface area (Å²) >= 11 is 0. The highest BCUT2D eigenvalue weighted by Gasteiger charge is 2.26. The van der Waals surface area contributed by atoms with Gasteiger partial charge in [-0.25, -0.2) is 9.37 Å². The minimum Gasteiger partial charge on any atom is -0.356 e. The predicted octanol–water partition coefficient (Wildman–Crippen LogP) is 1.90. The quantitative estimate of drug-likeness (QED) is 0.791. The molecular weight excluding hydrogens is 343 g/mol. The van der Waals surface area contributed by atoms with Crippen LogP contribution in [0.3, 0.4) is 0 Å². The number of nitrogens with one attached hydrogen (secondary N) is 2. The summed E-state index contributed by atoms with van der Waals surface area (Å²) in [5, 5.41) is 6.89. The number of hydrogen-bond acceptors (Lipinski definition) is 6. The SMILES string of the molecule is CCc1cc(N2CCC(NC[C@@H]3C[C@H](F)CN3)CC2)nc(N2CCCC2)n1. The molecule has 0 aromatic carbocycles. The van der Waals surface area contributed by atoms with Crippen LogP contribution in [0, 0.1) is 0 Å². The van der Waals surface area contributed by atoms with Gasteiger partial charge in [0.25, 0.3) is 0 Å². The number of piperidine rings is 1. The van der Waals surface area contributed by atoms with Crippen LogP contribution in [0.25, 0.3) is 0 Å². The van der Waals surface area contributed by atoms with E-state index < -0.39 is 6.17 Å². The first-order valence-electron chi connectivity index (χ1n) is 10.7. The van der Waals surface area contributed by atoms with Crippen molar-refractivity contribution in [2.24, 2.45) is 0 Å². The Morgan fingerprint density at radius 1 is 1.15 bits per heavy atom. The van der Waals surface area contributed by atoms with Gasteiger partial charge in [-0.05, 0) is 38.5 Å². The summed E-state index contributed by atoms with van der Waals surface area (Å²) in [6.45, 7) is 7.73. The molecule has 0 saturated carbocycles. The molecule has 7 heteroatoms. The smallest absolute Gasteiger partial charge is 0.227 e. The minimum absolute atomic E-state index is 0.287. The molecular formula is C20H33FN6. The monoisotopic (exact) mass is 376 g/mol. The second kappa shape index (κ2) is 8.69. The maximum absolute atomic E-state index is 13.3. The van der Waals surface area contributed by atoms with E-state index in [-0.39, 0.29) is 6.04 Å². The van der Waals surface area contributed by atoms with Crippen molar-refractivity contribution in [3.63, 3.8) is 0 Å². The van der Waals surface area contributed by atoms with Gasteiger partial charge in [0, 0.05) is 63.1 Å². The van der Waals surface area contributed by atoms with Crippen LogP contribution in [0.4, 0.5) is 16.2 Å². The molecule has 4 rings (SSSR count). The number of alkyl halides is 1. The number of anilines is 2. The number of halogens is 1. The summed E-state index contributed by atoms with van der Waals surface area (Å²) in [5.41, 5.74) is 1.13. The Bertz CT molecular complexity index is 612. The maximum Gasteiger partial charge on any atom is 0.227 e. The molecule has 3 fully saturated rings. The fourth-order valence-electron chi connectivity index (χ4n) is 4.42. The third-order valence-corrected chi connectivity index (χ3v) is 6.15. The lowest BCUT2D eigenvalue weighted by atomic mass is 10.0. The first kappa shape index (κ1) is 18.9. The van der Waals surface area contributed by atoms with E-state index in [9.17, 15) is 4.39 Å². The predicted molar refractivity (Wildman–Crippen MR) is 107 cm³/mol. The maximum atomic E-state index is 13.3. The van der Waals surface area contributed by atoms with E-state index in [2.05, 4.69) is 33.4 Å². The number of rotatable bonds is 6. The Hall–Kier alpha value is -1.47. The molecule has 0 aliphatic carbocycles. The van der Waals surface area contributed by atoms with Crippen molar-refractivity contribution >= 4 is 11.8 Å². The highest BCUT2D eigenvalue weighted by molar-refractivity contribution is 5.47. The largest absolute Gasteiger partial charge is 0.356 e. The van der Waals surface area contributed by atoms with Crippen molar-refractivity contribution in [2.75, 3.05) is 49.1 Å². The molecule has 1 aromatic rings. The molecule has 27 heavy (non-hydrogen) atoms. The van der Waals surface area contributed by atoms with Crippen LogP contribution in [0.2, 0.25) is 0 Å². The van der Waals surface area contributed by atoms with Gasteiger partial charge in [-0.1, -0.05) is 6.92 Å². The van der Waals surface area contributed by atoms with Crippen molar-refractivity contribution in [2.45, 2.75) is 63.7 Å². The Balaban J connectivity index is 1.32. The van der Waals surface area contributed by atoms with Gasteiger partial charge in [-0.2, -0.15) is 4.98 Å². The highest BCUT2D eigenvalue weighted by atomic mass is 19.1. The number of aryl methyl sites for hydroxylation is 1. The molecule has 3 aliphatic heterocycles. The molecule has 0 amide bonds. The number of hydrogen-bond donors (Lipinski definition) is 2. The number of nitrogens with zero attached hydrogens (tertiary/aromatic N) is 4. The van der Waals surface area contributed by atoms with E-state index in [1.165, 1.54) is 12.8 Å². The molecule has 1 aromatic heterocycles. The summed E-state index contributed by atoms with van der Waals surface area (Å²) in [6.07, 6.45) is 5.61. The van der Waals surface area contributed by atoms with E-state index in [0.29, 0.717) is 19.0 Å². The summed E-state index contributed by atoms with van der Waals surface area (Å²) in [6, 6.07) is 2.97. The van der Waals surface area contributed by atoms with Crippen LogP contribution in [0.5, 0.6) is 0 Å². The van der Waals surface area contributed by atoms with Gasteiger partial charge in [0.2, 0.25) is 5.95 Å². The molecule has 0 bridgehead atoms. The van der Waals surface area contributed by atoms with E-state index in [4.69, 9.17) is 9.97 Å². The summed E-state index contributed by atoms with van der Waals surface area (Å²) in [7, 11) is 0. The molecule has 4 heterocycles. The van der Waals surface area contributed by atoms with Crippen molar-refractivity contribution < 1.29 is 4.39 Å². The Kier molecular flexibility index (Phi) is 6.08. The van der Waals surface area contributed by atoms with Crippen molar-refractivity contribution in [3.8, 4) is 0 Å². The molecule has 3 aliphatic rings. The minimum atomic E-state index is -0.672. The van der Waals surface area contributed by atoms with E-state index >= 15 is 0 Å². The average molecular weight is 377 g/mol. The van der Waals surface area contributed by atoms with Crippen LogP contribution in [-0.4, -0.2) is 67.5 Å². The van der Waals surface area contributed by atoms with Crippen molar-refractivity contribution in [1.29, 1.82) is 0 Å². The van der Waals surface area contributed by atoms with E-state index in [0.717, 1.165) is 69.4 Å². The molecule has 2 atom stereocenters. The third-order valence-electron chi connectivity index (χ3n) is 6.15. The summed E-state index contributed by atoms with van der Waals surface area (Å²) in [4.78, 5) is 14.4. The summed E-state index contributed by atoms with van der Waals surface area (Å²) < 4.78 is 13.3. The van der Waals surface area contributed by atoms with Gasteiger partial charge >= 0.3 is 0 Å². The lowest BCUT2D eigenvalue weighted by Crippen LogP contribution is -2.46. The normalized spacial score (nSPS) is 26.9. The Morgan fingerprint density at radius 2 is 1.93 bits per heavy atom. The molecule has 0 unspecified atom stereocenters. The zero-order valence-electron chi connectivity index (χ0n) is 16.5. The lowest BCUT2D eigenvalue weighted by molar-refractivity contribution is 0.347. The van der Waals surface area contributed by atoms with Crippen LogP contribution in [0.1, 0.15) is 44.7 Å². The van der Waals surface area contributed by atoms with Crippen LogP contribution in [0.15, 0.2) is 6.07 Å². The number of aromatic nitrogens is 2. The van der Waals surface area contributed by atoms with Gasteiger partial charge in [-0.15, -0.1) is 0 Å². The highest BCUT2D eigenvalue weighted by Crippen LogP contribution is 2.24. The molecule has 6 nitrogen and oxygen atoms in total. The zero-order valence-corrected chi connectivity index (χ0v) is 16.5. The van der Waals surface area contributed by atoms with Gasteiger partial charge in [0.15, 0.2) is 0 Å². The molecule has 3 saturated heterocycles. The molecule has 0 spiro atoms. The van der Waals surface area contributed by atoms with Gasteiger partial charge in [-0.3, -0.25) is 0 Å². The fourth-order valence-corrected chi connectivity index (χ4v) is 4.42. The topological polar surface area (TPSA) is 56.3 Å². The first-order chi connectivity index (χ1) is 13.2. The molecule has 150 valence electrons. The zero-order chi connectivity index (χ0) is 18.6. The Labute approximate surface area is 161 Å². The summed E-state index contributed by atoms with van der Waals surface area (Å²) in [5.74, 6) is 2.00.